The van der Waals surface area contributed by atoms with E-state index < -0.39 is 8.32 Å². The summed E-state index contributed by atoms with van der Waals surface area (Å²) in [7, 11) is -0.625. The van der Waals surface area contributed by atoms with Gasteiger partial charge in [-0.1, -0.05) is 59.3 Å². The van der Waals surface area contributed by atoms with Gasteiger partial charge in [-0.25, -0.2) is 0 Å². The van der Waals surface area contributed by atoms with Crippen LogP contribution in [0.1, 0.15) is 11.1 Å². The van der Waals surface area contributed by atoms with Crippen LogP contribution in [0.4, 0.5) is 0 Å². The molecule has 0 N–H and O–H groups in total. The molecule has 1 nitrogen and oxygen atoms in total. The van der Waals surface area contributed by atoms with Crippen LogP contribution < -0.4 is 0 Å². The lowest BCUT2D eigenvalue weighted by Crippen LogP contribution is -2.30. The van der Waals surface area contributed by atoms with Crippen molar-refractivity contribution in [2.45, 2.75) is 6.55 Å². The molecule has 20 heavy (non-hydrogen) atoms. The van der Waals surface area contributed by atoms with E-state index in [1.807, 2.05) is 67.2 Å². The van der Waals surface area contributed by atoms with Crippen molar-refractivity contribution in [2.75, 3.05) is 7.11 Å². The molecule has 0 aliphatic rings. The van der Waals surface area contributed by atoms with Gasteiger partial charge in [0.1, 0.15) is 0 Å². The Morgan fingerprint density at radius 2 is 1.15 bits per heavy atom. The zero-order chi connectivity index (χ0) is 14.3. The molecule has 0 saturated carbocycles. The highest BCUT2D eigenvalue weighted by atomic mass is 28.4. The van der Waals surface area contributed by atoms with Gasteiger partial charge in [-0.15, -0.1) is 0 Å². The summed E-state index contributed by atoms with van der Waals surface area (Å²) in [6, 6.07) is 19.8. The molecule has 2 aromatic rings. The molecule has 98 valence electrons. The zero-order valence-corrected chi connectivity index (χ0v) is 12.7. The van der Waals surface area contributed by atoms with Crippen LogP contribution >= 0.6 is 0 Å². The Morgan fingerprint density at radius 1 is 0.750 bits per heavy atom. The van der Waals surface area contributed by atoms with E-state index in [1.54, 1.807) is 7.11 Å². The van der Waals surface area contributed by atoms with Gasteiger partial charge in [0.25, 0.3) is 0 Å². The fraction of sp³-hybridized carbons (Fsp3) is 0.111. The minimum atomic E-state index is -2.31. The van der Waals surface area contributed by atoms with Crippen molar-refractivity contribution in [3.63, 3.8) is 0 Å². The summed E-state index contributed by atoms with van der Waals surface area (Å²) in [5.41, 5.74) is 8.43. The number of hydrogen-bond acceptors (Lipinski definition) is 1. The Morgan fingerprint density at radius 3 is 1.50 bits per heavy atom. The van der Waals surface area contributed by atoms with Crippen molar-refractivity contribution in [2.24, 2.45) is 0 Å². The predicted molar refractivity (Wildman–Crippen MR) is 85.3 cm³/mol. The fourth-order valence-electron chi connectivity index (χ4n) is 1.56. The molecule has 0 saturated heterocycles. The molecular weight excluding hydrogens is 260 g/mol. The van der Waals surface area contributed by atoms with Crippen LogP contribution in [0.15, 0.2) is 60.7 Å². The number of benzene rings is 2. The van der Waals surface area contributed by atoms with Gasteiger partial charge in [0.2, 0.25) is 0 Å². The molecule has 0 aliphatic heterocycles. The van der Waals surface area contributed by atoms with E-state index in [9.17, 15) is 0 Å². The van der Waals surface area contributed by atoms with Crippen LogP contribution in [0, 0.1) is 22.9 Å². The summed E-state index contributed by atoms with van der Waals surface area (Å²) in [6.45, 7) is 2.01. The van der Waals surface area contributed by atoms with Crippen LogP contribution in [0.5, 0.6) is 0 Å². The Hall–Kier alpha value is -2.26. The molecule has 0 unspecified atom stereocenters. The first-order valence-corrected chi connectivity index (χ1v) is 8.84. The van der Waals surface area contributed by atoms with Crippen LogP contribution in [0.25, 0.3) is 0 Å². The normalized spacial score (nSPS) is 9.90. The molecule has 2 heteroatoms. The van der Waals surface area contributed by atoms with Crippen LogP contribution in [-0.2, 0) is 4.43 Å². The summed E-state index contributed by atoms with van der Waals surface area (Å²) in [6.07, 6.45) is 0. The molecule has 0 aliphatic carbocycles. The SMILES string of the molecule is CO[Si](C)(C#Cc1ccccc1)C#Cc1ccccc1. The highest BCUT2D eigenvalue weighted by molar-refractivity contribution is 6.87. The molecule has 0 heterocycles. The largest absolute Gasteiger partial charge is 0.400 e. The maximum absolute atomic E-state index is 5.57. The lowest BCUT2D eigenvalue weighted by Gasteiger charge is -2.09. The summed E-state index contributed by atoms with van der Waals surface area (Å²) < 4.78 is 5.57. The van der Waals surface area contributed by atoms with Gasteiger partial charge < -0.3 is 4.43 Å². The van der Waals surface area contributed by atoms with E-state index in [1.165, 1.54) is 0 Å². The topological polar surface area (TPSA) is 9.23 Å². The van der Waals surface area contributed by atoms with Gasteiger partial charge >= 0.3 is 8.32 Å². The highest BCUT2D eigenvalue weighted by Crippen LogP contribution is 2.03. The van der Waals surface area contributed by atoms with E-state index in [2.05, 4.69) is 22.9 Å². The molecule has 0 bridgehead atoms. The van der Waals surface area contributed by atoms with Gasteiger partial charge in [0.05, 0.1) is 0 Å². The molecule has 0 spiro atoms. The summed E-state index contributed by atoms with van der Waals surface area (Å²) in [5, 5.41) is 0. The molecular formula is C18H16OSi. The summed E-state index contributed by atoms with van der Waals surface area (Å²) >= 11 is 0. The monoisotopic (exact) mass is 276 g/mol. The third-order valence-corrected chi connectivity index (χ3v) is 4.87. The Kier molecular flexibility index (Phi) is 4.79. The maximum atomic E-state index is 5.57. The predicted octanol–water partition coefficient (Wildman–Crippen LogP) is 3.39. The fourth-order valence-corrected chi connectivity index (χ4v) is 2.59. The molecule has 2 aromatic carbocycles. The summed E-state index contributed by atoms with van der Waals surface area (Å²) in [4.78, 5) is 0. The second kappa shape index (κ2) is 6.77. The lowest BCUT2D eigenvalue weighted by molar-refractivity contribution is 0.423. The molecule has 0 amide bonds. The highest BCUT2D eigenvalue weighted by Gasteiger charge is 2.22. The van der Waals surface area contributed by atoms with Crippen molar-refractivity contribution in [3.8, 4) is 22.9 Å². The van der Waals surface area contributed by atoms with Crippen LogP contribution in [-0.4, -0.2) is 15.4 Å². The average molecular weight is 276 g/mol. The molecule has 0 fully saturated rings. The van der Waals surface area contributed by atoms with Gasteiger partial charge in [0, 0.05) is 18.2 Å². The van der Waals surface area contributed by atoms with E-state index in [0.717, 1.165) is 11.1 Å². The zero-order valence-electron chi connectivity index (χ0n) is 11.7. The smallest absolute Gasteiger partial charge is 0.350 e. The van der Waals surface area contributed by atoms with Gasteiger partial charge in [-0.05, 0) is 30.8 Å². The third kappa shape index (κ3) is 4.14. The average Bonchev–Trinajstić information content (AvgIpc) is 2.53. The van der Waals surface area contributed by atoms with Crippen molar-refractivity contribution in [1.82, 2.24) is 0 Å². The first-order valence-electron chi connectivity index (χ1n) is 6.43. The van der Waals surface area contributed by atoms with Gasteiger partial charge in [0.15, 0.2) is 0 Å². The van der Waals surface area contributed by atoms with Crippen molar-refractivity contribution in [3.05, 3.63) is 71.8 Å². The Bertz CT molecular complexity index is 612. The third-order valence-electron chi connectivity index (χ3n) is 2.85. The molecule has 2 rings (SSSR count). The quantitative estimate of drug-likeness (QED) is 0.573. The Labute approximate surface area is 121 Å². The summed E-state index contributed by atoms with van der Waals surface area (Å²) in [5.74, 6) is 6.31. The number of rotatable bonds is 1. The molecule has 0 radical (unpaired) electrons. The number of hydrogen-bond donors (Lipinski definition) is 0. The first kappa shape index (κ1) is 14.2. The second-order valence-corrected chi connectivity index (χ2v) is 7.44. The van der Waals surface area contributed by atoms with E-state index in [0.29, 0.717) is 0 Å². The van der Waals surface area contributed by atoms with Crippen molar-refractivity contribution < 1.29 is 4.43 Å². The second-order valence-electron chi connectivity index (χ2n) is 4.47. The van der Waals surface area contributed by atoms with Crippen LogP contribution in [0.2, 0.25) is 6.55 Å². The van der Waals surface area contributed by atoms with E-state index in [-0.39, 0.29) is 0 Å². The first-order chi connectivity index (χ1) is 9.72. The van der Waals surface area contributed by atoms with Gasteiger partial charge in [-0.2, -0.15) is 0 Å². The minimum Gasteiger partial charge on any atom is -0.400 e. The minimum absolute atomic E-state index is 0.991. The van der Waals surface area contributed by atoms with Crippen molar-refractivity contribution in [1.29, 1.82) is 0 Å². The maximum Gasteiger partial charge on any atom is 0.350 e. The molecule has 0 aromatic heterocycles. The van der Waals surface area contributed by atoms with E-state index >= 15 is 0 Å². The lowest BCUT2D eigenvalue weighted by atomic mass is 10.2. The standard InChI is InChI=1S/C18H16OSi/c1-19-20(2,15-13-17-9-5-3-6-10-17)16-14-18-11-7-4-8-12-18/h3-12H,1-2H3. The molecule has 0 atom stereocenters. The van der Waals surface area contributed by atoms with Crippen molar-refractivity contribution >= 4 is 8.32 Å². The van der Waals surface area contributed by atoms with Crippen LogP contribution in [0.3, 0.4) is 0 Å². The van der Waals surface area contributed by atoms with Gasteiger partial charge in [-0.3, -0.25) is 0 Å². The van der Waals surface area contributed by atoms with E-state index in [4.69, 9.17) is 4.43 Å². The Balaban J connectivity index is 2.23.